The zero-order chi connectivity index (χ0) is 19.1. The van der Waals surface area contributed by atoms with Crippen molar-refractivity contribution >= 4 is 23.1 Å². The Labute approximate surface area is 122 Å². The van der Waals surface area contributed by atoms with Crippen molar-refractivity contribution in [3.63, 3.8) is 0 Å². The molecular formula is C15H16ClNO. The summed E-state index contributed by atoms with van der Waals surface area (Å²) >= 11 is 6.12. The molecule has 1 aromatic carbocycles. The molecule has 0 aliphatic heterocycles. The van der Waals surface area contributed by atoms with Crippen LogP contribution in [0.5, 0.6) is 0 Å². The van der Waals surface area contributed by atoms with Crippen molar-refractivity contribution in [2.24, 2.45) is 11.7 Å². The number of hydrogen-bond acceptors (Lipinski definition) is 1. The first kappa shape index (κ1) is 6.25. The molecule has 2 N–H and O–H groups in total. The zero-order valence-corrected chi connectivity index (χ0v) is 10.5. The lowest BCUT2D eigenvalue weighted by Crippen LogP contribution is -2.27. The molecule has 3 rings (SSSR count). The van der Waals surface area contributed by atoms with Gasteiger partial charge in [-0.2, -0.15) is 0 Å². The minimum Gasteiger partial charge on any atom is -0.369 e. The van der Waals surface area contributed by atoms with Crippen LogP contribution in [0.3, 0.4) is 0 Å². The molecule has 2 aliphatic rings. The van der Waals surface area contributed by atoms with Crippen molar-refractivity contribution in [1.82, 2.24) is 0 Å². The fraction of sp³-hybridized carbons (Fsp3) is 0.400. The lowest BCUT2D eigenvalue weighted by Gasteiger charge is -2.22. The van der Waals surface area contributed by atoms with Crippen LogP contribution in [-0.2, 0) is 11.2 Å². The summed E-state index contributed by atoms with van der Waals surface area (Å²) in [5.41, 5.74) is 6.51. The highest BCUT2D eigenvalue weighted by Crippen LogP contribution is 2.45. The van der Waals surface area contributed by atoms with E-state index in [1.165, 1.54) is 6.07 Å². The predicted molar refractivity (Wildman–Crippen MR) is 73.3 cm³/mol. The van der Waals surface area contributed by atoms with Crippen LogP contribution < -0.4 is 5.73 Å². The second kappa shape index (κ2) is 4.13. The molecule has 1 aromatic rings. The minimum absolute atomic E-state index is 0.0236. The molecule has 2 nitrogen and oxygen atoms in total. The Morgan fingerprint density at radius 3 is 3.17 bits per heavy atom. The van der Waals surface area contributed by atoms with Crippen molar-refractivity contribution < 1.29 is 14.4 Å². The van der Waals surface area contributed by atoms with E-state index in [9.17, 15) is 4.79 Å². The lowest BCUT2D eigenvalue weighted by atomic mass is 9.82. The number of allylic oxidation sites excluding steroid dienone is 1. The van der Waals surface area contributed by atoms with E-state index in [1.807, 2.05) is 0 Å². The van der Waals surface area contributed by atoms with Gasteiger partial charge in [-0.05, 0) is 66.4 Å². The lowest BCUT2D eigenvalue weighted by molar-refractivity contribution is -0.121. The van der Waals surface area contributed by atoms with Gasteiger partial charge >= 0.3 is 0 Å². The smallest absolute Gasteiger partial charge is 0.224 e. The molecule has 1 unspecified atom stereocenters. The molecule has 1 amide bonds. The molecule has 2 aliphatic carbocycles. The number of hydrogen-bond donors (Lipinski definition) is 1. The fourth-order valence-corrected chi connectivity index (χ4v) is 2.54. The Kier molecular flexibility index (Phi) is 1.43. The van der Waals surface area contributed by atoms with Gasteiger partial charge in [-0.1, -0.05) is 17.6 Å². The second-order valence-electron chi connectivity index (χ2n) is 4.44. The molecule has 0 aromatic heterocycles. The van der Waals surface area contributed by atoms with Crippen LogP contribution in [0.1, 0.15) is 45.4 Å². The van der Waals surface area contributed by atoms with Crippen molar-refractivity contribution in [2.75, 3.05) is 0 Å². The van der Waals surface area contributed by atoms with E-state index >= 15 is 0 Å². The van der Waals surface area contributed by atoms with Gasteiger partial charge in [0.05, 0.1) is 7.29 Å². The maximum Gasteiger partial charge on any atom is 0.224 e. The summed E-state index contributed by atoms with van der Waals surface area (Å²) in [5.74, 6) is -2.67. The maximum absolute atomic E-state index is 12.0. The van der Waals surface area contributed by atoms with Gasteiger partial charge in [0.25, 0.3) is 0 Å². The number of rotatable bonds is 1. The van der Waals surface area contributed by atoms with E-state index < -0.39 is 30.9 Å². The normalized spacial score (nSPS) is 35.9. The van der Waals surface area contributed by atoms with E-state index in [0.29, 0.717) is 11.1 Å². The third-order valence-corrected chi connectivity index (χ3v) is 3.68. The topological polar surface area (TPSA) is 43.1 Å². The number of carbonyl (C=O) groups excluding carboxylic acids is 1. The van der Waals surface area contributed by atoms with Crippen LogP contribution in [0.15, 0.2) is 17.7 Å². The minimum atomic E-state index is -3.00. The summed E-state index contributed by atoms with van der Waals surface area (Å²) in [6.07, 6.45) is -8.57. The Morgan fingerprint density at radius 2 is 2.44 bits per heavy atom. The van der Waals surface area contributed by atoms with Crippen molar-refractivity contribution in [3.05, 3.63) is 39.4 Å². The average molecular weight is 269 g/mol. The molecule has 0 radical (unpaired) electrons. The summed E-state index contributed by atoms with van der Waals surface area (Å²) < 4.78 is 57.3. The molecule has 18 heavy (non-hydrogen) atoms. The first-order valence-electron chi connectivity index (χ1n) is 9.08. The fourth-order valence-electron chi connectivity index (χ4n) is 2.38. The molecule has 0 saturated heterocycles. The van der Waals surface area contributed by atoms with Crippen LogP contribution in [0.4, 0.5) is 0 Å². The first-order chi connectivity index (χ1) is 11.3. The van der Waals surface area contributed by atoms with E-state index in [1.54, 1.807) is 6.92 Å². The number of halogens is 1. The average Bonchev–Trinajstić information content (AvgIpc) is 2.82. The second-order valence-corrected chi connectivity index (χ2v) is 4.85. The predicted octanol–water partition coefficient (Wildman–Crippen LogP) is 3.24. The monoisotopic (exact) mass is 268 g/mol. The largest absolute Gasteiger partial charge is 0.369 e. The molecule has 0 spiro atoms. The van der Waals surface area contributed by atoms with Crippen molar-refractivity contribution in [1.29, 1.82) is 0 Å². The van der Waals surface area contributed by atoms with Crippen molar-refractivity contribution in [3.8, 4) is 0 Å². The van der Waals surface area contributed by atoms with Gasteiger partial charge in [-0.15, -0.1) is 0 Å². The number of amides is 1. The molecule has 3 heteroatoms. The Hall–Kier alpha value is -1.28. The van der Waals surface area contributed by atoms with Gasteiger partial charge in [0.1, 0.15) is 0 Å². The summed E-state index contributed by atoms with van der Waals surface area (Å²) in [6.45, 7) is 1.64. The number of fused-ring (bicyclic) bond motifs is 2. The molecule has 0 saturated carbocycles. The molecular weight excluding hydrogens is 246 g/mol. The highest BCUT2D eigenvalue weighted by molar-refractivity contribution is 6.31. The van der Waals surface area contributed by atoms with Crippen molar-refractivity contribution in [2.45, 2.75) is 32.5 Å². The van der Waals surface area contributed by atoms with Gasteiger partial charge < -0.3 is 5.73 Å². The molecule has 0 fully saturated rings. The van der Waals surface area contributed by atoms with Gasteiger partial charge in [0.2, 0.25) is 5.91 Å². The quantitative estimate of drug-likeness (QED) is 0.835. The van der Waals surface area contributed by atoms with Crippen LogP contribution in [-0.4, -0.2) is 5.91 Å². The van der Waals surface area contributed by atoms with Crippen LogP contribution >= 0.6 is 11.6 Å². The summed E-state index contributed by atoms with van der Waals surface area (Å²) in [4.78, 5) is 12.0. The first-order valence-corrected chi connectivity index (χ1v) is 5.96. The van der Waals surface area contributed by atoms with Gasteiger partial charge in [0.15, 0.2) is 0 Å². The standard InChI is InChI=1S/C15H16ClNO/c1-8-5-9-6-13-10(12(9)7-14(8)16)3-2-4-11(13)15(17)18/h5,7,11H,2-4,6H2,1H3,(H2,17,18)/i2D2,3D2,4D2,5D. The molecule has 0 bridgehead atoms. The third kappa shape index (κ3) is 1.67. The Balaban J connectivity index is 2.40. The number of primary amides is 1. The highest BCUT2D eigenvalue weighted by Gasteiger charge is 2.33. The van der Waals surface area contributed by atoms with E-state index in [0.717, 1.165) is 0 Å². The van der Waals surface area contributed by atoms with Crippen LogP contribution in [0, 0.1) is 12.8 Å². The Bertz CT molecular complexity index is 847. The summed E-state index contributed by atoms with van der Waals surface area (Å²) in [6, 6.07) is 1.54. The van der Waals surface area contributed by atoms with Gasteiger partial charge in [0, 0.05) is 13.2 Å². The molecule has 0 heterocycles. The number of carbonyl (C=O) groups is 1. The zero-order valence-electron chi connectivity index (χ0n) is 16.7. The summed E-state index contributed by atoms with van der Waals surface area (Å²) in [7, 11) is 0. The number of nitrogens with two attached hydrogens (primary N) is 1. The van der Waals surface area contributed by atoms with Crippen LogP contribution in [0.2, 0.25) is 5.02 Å². The maximum atomic E-state index is 12.0. The molecule has 1 atom stereocenters. The van der Waals surface area contributed by atoms with Crippen LogP contribution in [0.25, 0.3) is 5.57 Å². The summed E-state index contributed by atoms with van der Waals surface area (Å²) in [5, 5.41) is 0.234. The van der Waals surface area contributed by atoms with E-state index in [-0.39, 0.29) is 34.2 Å². The third-order valence-electron chi connectivity index (χ3n) is 3.29. The van der Waals surface area contributed by atoms with Gasteiger partial charge in [-0.25, -0.2) is 0 Å². The number of benzene rings is 1. The van der Waals surface area contributed by atoms with E-state index in [4.69, 9.17) is 26.9 Å². The molecule has 94 valence electrons. The van der Waals surface area contributed by atoms with Gasteiger partial charge in [-0.3, -0.25) is 4.79 Å². The SMILES string of the molecule is [2H]c1c(C)c(Cl)cc2c1CC1=C2C([2H])([2H])C([2H])([2H])C([2H])([2H])C1C(N)=O. The van der Waals surface area contributed by atoms with E-state index in [2.05, 4.69) is 0 Å². The Morgan fingerprint density at radius 1 is 1.67 bits per heavy atom. The highest BCUT2D eigenvalue weighted by atomic mass is 35.5.